The number of rotatable bonds is 1. The van der Waals surface area contributed by atoms with E-state index in [2.05, 4.69) is 6.92 Å². The van der Waals surface area contributed by atoms with Gasteiger partial charge >= 0.3 is 18.9 Å². The van der Waals surface area contributed by atoms with Crippen molar-refractivity contribution in [2.45, 2.75) is 6.61 Å². The van der Waals surface area contributed by atoms with E-state index in [0.717, 1.165) is 11.1 Å². The average molecular weight is 128 g/mol. The van der Waals surface area contributed by atoms with Crippen molar-refractivity contribution in [2.75, 3.05) is 0 Å². The molecular weight excluding hydrogens is 119 g/mol. The van der Waals surface area contributed by atoms with E-state index in [1.165, 1.54) is 0 Å². The van der Waals surface area contributed by atoms with Gasteiger partial charge in [-0.25, -0.2) is 0 Å². The van der Waals surface area contributed by atoms with Gasteiger partial charge in [0, 0.05) is 6.61 Å². The molecule has 1 nitrogen and oxygen atoms in total. The van der Waals surface area contributed by atoms with Crippen LogP contribution >= 0.6 is 0 Å². The first-order chi connectivity index (χ1) is 4.34. The predicted molar refractivity (Wildman–Crippen MR) is 36.8 cm³/mol. The molecular formula is C8H9LiO. The van der Waals surface area contributed by atoms with Gasteiger partial charge in [0.15, 0.2) is 0 Å². The van der Waals surface area contributed by atoms with Crippen molar-refractivity contribution < 1.29 is 24.0 Å². The van der Waals surface area contributed by atoms with E-state index in [9.17, 15) is 0 Å². The van der Waals surface area contributed by atoms with Crippen molar-refractivity contribution in [2.24, 2.45) is 0 Å². The summed E-state index contributed by atoms with van der Waals surface area (Å²) in [5, 5.41) is 8.68. The monoisotopic (exact) mass is 128 g/mol. The minimum atomic E-state index is 0. The van der Waals surface area contributed by atoms with E-state index >= 15 is 0 Å². The van der Waals surface area contributed by atoms with Gasteiger partial charge in [-0.05, 0) is 0 Å². The predicted octanol–water partition coefficient (Wildman–Crippen LogP) is -1.63. The molecule has 0 aromatic heterocycles. The first-order valence-electron chi connectivity index (χ1n) is 2.85. The van der Waals surface area contributed by atoms with Gasteiger partial charge in [0.1, 0.15) is 0 Å². The maximum Gasteiger partial charge on any atom is 1.00 e. The number of aliphatic hydroxyl groups is 1. The first-order valence-corrected chi connectivity index (χ1v) is 2.85. The van der Waals surface area contributed by atoms with Crippen LogP contribution in [-0.2, 0) is 6.61 Å². The molecule has 0 bridgehead atoms. The second kappa shape index (κ2) is 4.46. The SMILES string of the molecule is [CH2-]c1ccccc1CO.[Li+]. The van der Waals surface area contributed by atoms with E-state index in [1.807, 2.05) is 24.3 Å². The van der Waals surface area contributed by atoms with Gasteiger partial charge in [0.05, 0.1) is 0 Å². The number of aliphatic hydroxyl groups excluding tert-OH is 1. The summed E-state index contributed by atoms with van der Waals surface area (Å²) in [6.07, 6.45) is 0. The summed E-state index contributed by atoms with van der Waals surface area (Å²) in [5.41, 5.74) is 1.80. The summed E-state index contributed by atoms with van der Waals surface area (Å²) in [7, 11) is 0. The molecule has 0 unspecified atom stereocenters. The molecule has 0 aliphatic heterocycles. The fourth-order valence-electron chi connectivity index (χ4n) is 0.712. The van der Waals surface area contributed by atoms with Crippen LogP contribution in [0.25, 0.3) is 0 Å². The minimum Gasteiger partial charge on any atom is -0.404 e. The summed E-state index contributed by atoms with van der Waals surface area (Å²) in [6.45, 7) is 3.81. The molecule has 0 aliphatic carbocycles. The average Bonchev–Trinajstić information content (AvgIpc) is 1.89. The molecule has 1 rings (SSSR count). The van der Waals surface area contributed by atoms with Crippen molar-refractivity contribution in [3.05, 3.63) is 42.3 Å². The van der Waals surface area contributed by atoms with Gasteiger partial charge in [0.2, 0.25) is 0 Å². The van der Waals surface area contributed by atoms with Crippen molar-refractivity contribution >= 4 is 0 Å². The van der Waals surface area contributed by atoms with Crippen LogP contribution in [0.3, 0.4) is 0 Å². The third-order valence-electron chi connectivity index (χ3n) is 1.29. The van der Waals surface area contributed by atoms with Crippen LogP contribution < -0.4 is 18.9 Å². The van der Waals surface area contributed by atoms with Crippen LogP contribution in [0.15, 0.2) is 24.3 Å². The smallest absolute Gasteiger partial charge is 0.404 e. The summed E-state index contributed by atoms with van der Waals surface area (Å²) < 4.78 is 0. The Kier molecular flexibility index (Phi) is 4.30. The normalized spacial score (nSPS) is 8.50. The Bertz CT molecular complexity index is 198. The molecule has 0 saturated carbocycles. The third kappa shape index (κ3) is 2.11. The zero-order valence-corrected chi connectivity index (χ0v) is 6.17. The molecule has 0 spiro atoms. The summed E-state index contributed by atoms with van der Waals surface area (Å²) in [5.74, 6) is 0. The molecule has 0 atom stereocenters. The standard InChI is InChI=1S/C8H9O.Li/c1-7-4-2-3-5-8(7)6-9;/h2-5,9H,1,6H2;/q-1;+1. The quantitative estimate of drug-likeness (QED) is 0.355. The van der Waals surface area contributed by atoms with E-state index in [-0.39, 0.29) is 25.5 Å². The van der Waals surface area contributed by atoms with Gasteiger partial charge in [-0.3, -0.25) is 0 Å². The molecule has 0 fully saturated rings. The summed E-state index contributed by atoms with van der Waals surface area (Å²) in [6, 6.07) is 7.54. The Balaban J connectivity index is 0.000000810. The maximum absolute atomic E-state index is 8.68. The molecule has 0 amide bonds. The Labute approximate surface area is 73.3 Å². The molecule has 10 heavy (non-hydrogen) atoms. The van der Waals surface area contributed by atoms with Crippen LogP contribution in [0.1, 0.15) is 11.1 Å². The number of hydrogen-bond acceptors (Lipinski definition) is 1. The van der Waals surface area contributed by atoms with Gasteiger partial charge in [-0.2, -0.15) is 18.6 Å². The molecule has 0 radical (unpaired) electrons. The van der Waals surface area contributed by atoms with Crippen LogP contribution in [-0.4, -0.2) is 5.11 Å². The Morgan fingerprint density at radius 3 is 2.30 bits per heavy atom. The third-order valence-corrected chi connectivity index (χ3v) is 1.29. The number of hydrogen-bond donors (Lipinski definition) is 1. The van der Waals surface area contributed by atoms with Crippen molar-refractivity contribution in [1.29, 1.82) is 0 Å². The second-order valence-corrected chi connectivity index (χ2v) is 1.93. The van der Waals surface area contributed by atoms with Crippen LogP contribution in [0.2, 0.25) is 0 Å². The van der Waals surface area contributed by atoms with E-state index in [0.29, 0.717) is 0 Å². The van der Waals surface area contributed by atoms with Crippen LogP contribution in [0.5, 0.6) is 0 Å². The Morgan fingerprint density at radius 1 is 1.30 bits per heavy atom. The molecule has 1 aromatic carbocycles. The Morgan fingerprint density at radius 2 is 1.90 bits per heavy atom. The van der Waals surface area contributed by atoms with Crippen molar-refractivity contribution in [1.82, 2.24) is 0 Å². The van der Waals surface area contributed by atoms with Crippen LogP contribution in [0.4, 0.5) is 0 Å². The van der Waals surface area contributed by atoms with Gasteiger partial charge in [-0.15, -0.1) is 17.7 Å². The Hall–Kier alpha value is -0.353. The van der Waals surface area contributed by atoms with Gasteiger partial charge < -0.3 is 5.11 Å². The molecule has 0 aliphatic rings. The topological polar surface area (TPSA) is 20.2 Å². The summed E-state index contributed by atoms with van der Waals surface area (Å²) in [4.78, 5) is 0. The zero-order chi connectivity index (χ0) is 6.69. The molecule has 2 heteroatoms. The molecule has 48 valence electrons. The van der Waals surface area contributed by atoms with Crippen LogP contribution in [0, 0.1) is 6.92 Å². The number of benzene rings is 1. The second-order valence-electron chi connectivity index (χ2n) is 1.93. The van der Waals surface area contributed by atoms with E-state index < -0.39 is 0 Å². The molecule has 0 saturated heterocycles. The molecule has 0 heterocycles. The fraction of sp³-hybridized carbons (Fsp3) is 0.125. The fourth-order valence-corrected chi connectivity index (χ4v) is 0.712. The minimum absolute atomic E-state index is 0. The largest absolute Gasteiger partial charge is 1.00 e. The zero-order valence-electron chi connectivity index (χ0n) is 6.17. The first kappa shape index (κ1) is 9.65. The molecule has 1 N–H and O–H groups in total. The molecule has 1 aromatic rings. The van der Waals surface area contributed by atoms with Crippen molar-refractivity contribution in [3.63, 3.8) is 0 Å². The van der Waals surface area contributed by atoms with Gasteiger partial charge in [-0.1, -0.05) is 6.07 Å². The van der Waals surface area contributed by atoms with Crippen molar-refractivity contribution in [3.8, 4) is 0 Å². The van der Waals surface area contributed by atoms with E-state index in [1.54, 1.807) is 0 Å². The summed E-state index contributed by atoms with van der Waals surface area (Å²) >= 11 is 0. The maximum atomic E-state index is 8.68. The van der Waals surface area contributed by atoms with Gasteiger partial charge in [0.25, 0.3) is 0 Å². The van der Waals surface area contributed by atoms with E-state index in [4.69, 9.17) is 5.11 Å².